The highest BCUT2D eigenvalue weighted by molar-refractivity contribution is 7.99. The summed E-state index contributed by atoms with van der Waals surface area (Å²) in [5.41, 5.74) is 1.61. The van der Waals surface area contributed by atoms with Crippen LogP contribution in [0.5, 0.6) is 11.5 Å². The van der Waals surface area contributed by atoms with Crippen LogP contribution in [0.25, 0.3) is 5.69 Å². The van der Waals surface area contributed by atoms with Gasteiger partial charge in [-0.05, 0) is 44.2 Å². The van der Waals surface area contributed by atoms with Gasteiger partial charge in [0.05, 0.1) is 13.7 Å². The Morgan fingerprint density at radius 2 is 1.90 bits per heavy atom. The van der Waals surface area contributed by atoms with Crippen LogP contribution >= 0.6 is 11.8 Å². The number of hydrogen-bond acceptors (Lipinski definition) is 7. The predicted octanol–water partition coefficient (Wildman–Crippen LogP) is 4.09. The molecule has 0 bridgehead atoms. The van der Waals surface area contributed by atoms with Crippen LogP contribution in [0.3, 0.4) is 0 Å². The van der Waals surface area contributed by atoms with Crippen LogP contribution in [-0.2, 0) is 0 Å². The third-order valence-electron chi connectivity index (χ3n) is 4.25. The number of ether oxygens (including phenoxy) is 2. The summed E-state index contributed by atoms with van der Waals surface area (Å²) in [7, 11) is 1.55. The molecular weight excluding hydrogens is 392 g/mol. The Balaban J connectivity index is 1.96. The minimum Gasteiger partial charge on any atom is -0.496 e. The van der Waals surface area contributed by atoms with Gasteiger partial charge in [-0.2, -0.15) is 0 Å². The Hall–Kier alpha value is -3.07. The summed E-state index contributed by atoms with van der Waals surface area (Å²) in [6.07, 6.45) is 0. The lowest BCUT2D eigenvalue weighted by Gasteiger charge is -2.16. The van der Waals surface area contributed by atoms with Crippen molar-refractivity contribution in [2.45, 2.75) is 24.3 Å². The van der Waals surface area contributed by atoms with Gasteiger partial charge in [0, 0.05) is 16.2 Å². The second-order valence-corrected chi connectivity index (χ2v) is 7.33. The lowest BCUT2D eigenvalue weighted by Crippen LogP contribution is -2.12. The molecule has 0 unspecified atom stereocenters. The number of thioether (sulfide) groups is 1. The average molecular weight is 414 g/mol. The minimum absolute atomic E-state index is 0.264. The zero-order chi connectivity index (χ0) is 20.8. The van der Waals surface area contributed by atoms with Crippen molar-refractivity contribution < 1.29 is 14.4 Å². The van der Waals surface area contributed by atoms with Crippen LogP contribution in [0.2, 0.25) is 0 Å². The molecule has 0 aliphatic rings. The third kappa shape index (κ3) is 4.86. The number of rotatable bonds is 9. The molecule has 0 spiro atoms. The zero-order valence-corrected chi connectivity index (χ0v) is 17.3. The van der Waals surface area contributed by atoms with Gasteiger partial charge in [-0.3, -0.25) is 14.7 Å². The van der Waals surface area contributed by atoms with Gasteiger partial charge < -0.3 is 9.47 Å². The molecule has 0 fully saturated rings. The molecule has 0 amide bonds. The van der Waals surface area contributed by atoms with E-state index in [0.29, 0.717) is 23.3 Å². The number of nitrogens with zero attached hydrogens (tertiary/aromatic N) is 4. The van der Waals surface area contributed by atoms with Crippen LogP contribution in [0.1, 0.15) is 23.6 Å². The van der Waals surface area contributed by atoms with Gasteiger partial charge in [-0.1, -0.05) is 30.0 Å². The molecule has 1 aromatic heterocycles. The Morgan fingerprint density at radius 3 is 2.55 bits per heavy atom. The highest BCUT2D eigenvalue weighted by atomic mass is 32.2. The first-order valence-electron chi connectivity index (χ1n) is 9.10. The summed E-state index contributed by atoms with van der Waals surface area (Å²) in [6, 6.07) is 14.9. The second-order valence-electron chi connectivity index (χ2n) is 6.16. The van der Waals surface area contributed by atoms with Crippen molar-refractivity contribution in [3.63, 3.8) is 0 Å². The summed E-state index contributed by atoms with van der Waals surface area (Å²) < 4.78 is 12.8. The Bertz CT molecular complexity index is 975. The molecule has 1 atom stereocenters. The fourth-order valence-electron chi connectivity index (χ4n) is 2.97. The van der Waals surface area contributed by atoms with Gasteiger partial charge in [0.2, 0.25) is 6.54 Å². The standard InChI is InChI=1S/C20H22N4O4S/c1-4-28-16-11-9-15(10-12-16)24-14(2)21-22-20(24)29-19(13-23(25)26)17-7-5-6-8-18(17)27-3/h5-12,19H,4,13H2,1-3H3/t19-/m1/s1. The first-order chi connectivity index (χ1) is 14.0. The van der Waals surface area contributed by atoms with Crippen LogP contribution in [0, 0.1) is 17.0 Å². The Kier molecular flexibility index (Phi) is 6.71. The highest BCUT2D eigenvalue weighted by Crippen LogP contribution is 2.39. The molecule has 9 heteroatoms. The van der Waals surface area contributed by atoms with Gasteiger partial charge in [0.25, 0.3) is 0 Å². The maximum Gasteiger partial charge on any atom is 0.220 e. The smallest absolute Gasteiger partial charge is 0.220 e. The summed E-state index contributed by atoms with van der Waals surface area (Å²) >= 11 is 1.29. The zero-order valence-electron chi connectivity index (χ0n) is 16.4. The van der Waals surface area contributed by atoms with Gasteiger partial charge in [0.15, 0.2) is 5.16 Å². The van der Waals surface area contributed by atoms with Gasteiger partial charge in [0.1, 0.15) is 22.6 Å². The first kappa shape index (κ1) is 20.7. The van der Waals surface area contributed by atoms with E-state index in [1.165, 1.54) is 11.8 Å². The normalized spacial score (nSPS) is 11.8. The average Bonchev–Trinajstić information content (AvgIpc) is 3.08. The van der Waals surface area contributed by atoms with E-state index in [2.05, 4.69) is 10.2 Å². The molecule has 3 aromatic rings. The summed E-state index contributed by atoms with van der Waals surface area (Å²) in [5.74, 6) is 2.07. The molecule has 2 aromatic carbocycles. The molecule has 0 aliphatic heterocycles. The molecule has 0 radical (unpaired) electrons. The number of aryl methyl sites for hydroxylation is 1. The SMILES string of the molecule is CCOc1ccc(-n2c(C)nnc2S[C@H](C[N+](=O)[O-])c2ccccc2OC)cc1. The molecule has 29 heavy (non-hydrogen) atoms. The second kappa shape index (κ2) is 9.42. The largest absolute Gasteiger partial charge is 0.496 e. The maximum absolute atomic E-state index is 11.3. The van der Waals surface area contributed by atoms with E-state index >= 15 is 0 Å². The number of nitro groups is 1. The molecule has 0 N–H and O–H groups in total. The van der Waals surface area contributed by atoms with Gasteiger partial charge in [-0.15, -0.1) is 10.2 Å². The molecule has 3 rings (SSSR count). The molecule has 1 heterocycles. The quantitative estimate of drug-likeness (QED) is 0.296. The van der Waals surface area contributed by atoms with Crippen LogP contribution < -0.4 is 9.47 Å². The fraction of sp³-hybridized carbons (Fsp3) is 0.300. The van der Waals surface area contributed by atoms with E-state index in [1.807, 2.05) is 60.9 Å². The summed E-state index contributed by atoms with van der Waals surface area (Å²) in [5, 5.41) is 19.9. The van der Waals surface area contributed by atoms with Crippen molar-refractivity contribution in [2.24, 2.45) is 0 Å². The Labute approximate surface area is 173 Å². The maximum atomic E-state index is 11.3. The fourth-order valence-corrected chi connectivity index (χ4v) is 4.17. The van der Waals surface area contributed by atoms with Crippen molar-refractivity contribution in [3.05, 3.63) is 70.0 Å². The van der Waals surface area contributed by atoms with E-state index in [1.54, 1.807) is 13.2 Å². The van der Waals surface area contributed by atoms with E-state index in [9.17, 15) is 10.1 Å². The van der Waals surface area contributed by atoms with Crippen molar-refractivity contribution in [3.8, 4) is 17.2 Å². The number of hydrogen-bond donors (Lipinski definition) is 0. The highest BCUT2D eigenvalue weighted by Gasteiger charge is 2.26. The van der Waals surface area contributed by atoms with Gasteiger partial charge in [-0.25, -0.2) is 0 Å². The number of aromatic nitrogens is 3. The lowest BCUT2D eigenvalue weighted by molar-refractivity contribution is -0.479. The number of para-hydroxylation sites is 1. The topological polar surface area (TPSA) is 92.3 Å². The van der Waals surface area contributed by atoms with Crippen LogP contribution in [0.15, 0.2) is 53.7 Å². The number of benzene rings is 2. The molecule has 152 valence electrons. The van der Waals surface area contributed by atoms with E-state index in [0.717, 1.165) is 17.0 Å². The van der Waals surface area contributed by atoms with Crippen molar-refractivity contribution in [2.75, 3.05) is 20.3 Å². The summed E-state index contributed by atoms with van der Waals surface area (Å²) in [6.45, 7) is 4.10. The minimum atomic E-state index is -0.480. The first-order valence-corrected chi connectivity index (χ1v) is 9.98. The molecule has 0 saturated heterocycles. The summed E-state index contributed by atoms with van der Waals surface area (Å²) in [4.78, 5) is 11.0. The van der Waals surface area contributed by atoms with E-state index < -0.39 is 5.25 Å². The van der Waals surface area contributed by atoms with Crippen molar-refractivity contribution >= 4 is 11.8 Å². The van der Waals surface area contributed by atoms with Crippen LogP contribution in [0.4, 0.5) is 0 Å². The van der Waals surface area contributed by atoms with E-state index in [4.69, 9.17) is 9.47 Å². The van der Waals surface area contributed by atoms with E-state index in [-0.39, 0.29) is 11.5 Å². The lowest BCUT2D eigenvalue weighted by atomic mass is 10.1. The molecular formula is C20H22N4O4S. The Morgan fingerprint density at radius 1 is 1.17 bits per heavy atom. The molecule has 0 aliphatic carbocycles. The number of methoxy groups -OCH3 is 1. The molecule has 8 nitrogen and oxygen atoms in total. The molecule has 0 saturated carbocycles. The van der Waals surface area contributed by atoms with Crippen molar-refractivity contribution in [1.29, 1.82) is 0 Å². The monoisotopic (exact) mass is 414 g/mol. The predicted molar refractivity (Wildman–Crippen MR) is 111 cm³/mol. The van der Waals surface area contributed by atoms with Crippen LogP contribution in [-0.4, -0.2) is 39.9 Å². The van der Waals surface area contributed by atoms with Gasteiger partial charge >= 0.3 is 0 Å². The third-order valence-corrected chi connectivity index (χ3v) is 5.41. The van der Waals surface area contributed by atoms with Crippen molar-refractivity contribution in [1.82, 2.24) is 14.8 Å².